The molecular formula is C9H10F3N3O3. The van der Waals surface area contributed by atoms with Crippen LogP contribution < -0.4 is 0 Å². The van der Waals surface area contributed by atoms with E-state index in [1.807, 2.05) is 0 Å². The van der Waals surface area contributed by atoms with E-state index in [9.17, 15) is 28.1 Å². The largest absolute Gasteiger partial charge is 0.389 e. The Kier molecular flexibility index (Phi) is 4.04. The summed E-state index contributed by atoms with van der Waals surface area (Å²) in [6, 6.07) is 0. The minimum atomic E-state index is -4.41. The third-order valence-corrected chi connectivity index (χ3v) is 2.24. The number of aryl methyl sites for hydroxylation is 1. The fraction of sp³-hybridized carbons (Fsp3) is 0.556. The molecule has 0 saturated carbocycles. The number of carbonyl (C=O) groups is 1. The first kappa shape index (κ1) is 14.1. The van der Waals surface area contributed by atoms with Crippen molar-refractivity contribution in [2.24, 2.45) is 0 Å². The zero-order valence-electron chi connectivity index (χ0n) is 9.40. The number of Topliss-reactive ketones (excluding diaryl/α,β-unsaturated/α-hetero) is 1. The molecule has 0 saturated heterocycles. The normalized spacial score (nSPS) is 11.6. The lowest BCUT2D eigenvalue weighted by Crippen LogP contribution is -2.16. The van der Waals surface area contributed by atoms with Gasteiger partial charge in [-0.15, -0.1) is 0 Å². The molecular weight excluding hydrogens is 254 g/mol. The molecule has 0 radical (unpaired) electrons. The lowest BCUT2D eigenvalue weighted by atomic mass is 10.2. The highest BCUT2D eigenvalue weighted by Crippen LogP contribution is 2.22. The number of carbonyl (C=O) groups excluding carboxylic acids is 1. The van der Waals surface area contributed by atoms with Gasteiger partial charge in [-0.1, -0.05) is 0 Å². The maximum Gasteiger partial charge on any atom is 0.389 e. The molecule has 18 heavy (non-hydrogen) atoms. The van der Waals surface area contributed by atoms with E-state index >= 15 is 0 Å². The van der Waals surface area contributed by atoms with E-state index in [-0.39, 0.29) is 5.82 Å². The molecule has 0 bridgehead atoms. The van der Waals surface area contributed by atoms with Crippen LogP contribution in [0.25, 0.3) is 0 Å². The number of aromatic nitrogens is 2. The lowest BCUT2D eigenvalue weighted by Gasteiger charge is -2.05. The summed E-state index contributed by atoms with van der Waals surface area (Å²) >= 11 is 0. The van der Waals surface area contributed by atoms with Crippen LogP contribution in [-0.4, -0.2) is 26.4 Å². The van der Waals surface area contributed by atoms with Crippen molar-refractivity contribution in [1.82, 2.24) is 9.55 Å². The number of hydrogen-bond acceptors (Lipinski definition) is 4. The lowest BCUT2D eigenvalue weighted by molar-refractivity contribution is -0.392. The van der Waals surface area contributed by atoms with E-state index in [2.05, 4.69) is 4.98 Å². The van der Waals surface area contributed by atoms with E-state index in [0.29, 0.717) is 0 Å². The van der Waals surface area contributed by atoms with E-state index < -0.39 is 42.1 Å². The van der Waals surface area contributed by atoms with Gasteiger partial charge < -0.3 is 10.1 Å². The number of alkyl halides is 3. The molecule has 0 aliphatic heterocycles. The van der Waals surface area contributed by atoms with E-state index in [1.54, 1.807) is 0 Å². The van der Waals surface area contributed by atoms with Crippen molar-refractivity contribution in [3.05, 3.63) is 22.1 Å². The molecule has 0 unspecified atom stereocenters. The van der Waals surface area contributed by atoms with Crippen molar-refractivity contribution in [2.45, 2.75) is 32.5 Å². The molecule has 9 heteroatoms. The van der Waals surface area contributed by atoms with Gasteiger partial charge in [-0.3, -0.25) is 4.79 Å². The van der Waals surface area contributed by atoms with Crippen LogP contribution in [0.2, 0.25) is 0 Å². The second-order valence-corrected chi connectivity index (χ2v) is 3.66. The van der Waals surface area contributed by atoms with Crippen LogP contribution >= 0.6 is 0 Å². The SMILES string of the molecule is Cc1ncc([N+](=O)[O-])n1CC(=O)CCC(F)(F)[18F]. The Morgan fingerprint density at radius 1 is 1.56 bits per heavy atom. The molecule has 0 fully saturated rings. The zero-order valence-corrected chi connectivity index (χ0v) is 9.40. The third kappa shape index (κ3) is 3.82. The minimum Gasteiger partial charge on any atom is -0.358 e. The first-order valence-electron chi connectivity index (χ1n) is 4.95. The summed E-state index contributed by atoms with van der Waals surface area (Å²) in [7, 11) is 0. The minimum absolute atomic E-state index is 0.210. The number of nitrogens with zero attached hydrogens (tertiary/aromatic N) is 3. The molecule has 6 nitrogen and oxygen atoms in total. The van der Waals surface area contributed by atoms with E-state index in [1.165, 1.54) is 6.92 Å². The van der Waals surface area contributed by atoms with Gasteiger partial charge in [-0.05, 0) is 4.92 Å². The molecule has 1 heterocycles. The Morgan fingerprint density at radius 2 is 2.17 bits per heavy atom. The molecule has 1 rings (SSSR count). The molecule has 0 N–H and O–H groups in total. The average molecular weight is 264 g/mol. The molecule has 1 aromatic rings. The quantitative estimate of drug-likeness (QED) is 0.602. The maximum atomic E-state index is 11.9. The molecule has 0 aliphatic carbocycles. The molecule has 100 valence electrons. The summed E-state index contributed by atoms with van der Waals surface area (Å²) in [6.07, 6.45) is -5.37. The molecule has 1 aromatic heterocycles. The predicted molar refractivity (Wildman–Crippen MR) is 53.9 cm³/mol. The fourth-order valence-corrected chi connectivity index (χ4v) is 1.33. The highest BCUT2D eigenvalue weighted by molar-refractivity contribution is 5.78. The molecule has 0 amide bonds. The number of halogens is 3. The highest BCUT2D eigenvalue weighted by Gasteiger charge is 2.29. The van der Waals surface area contributed by atoms with Gasteiger partial charge in [0.15, 0.2) is 18.2 Å². The number of ketones is 1. The zero-order chi connectivity index (χ0) is 13.9. The second kappa shape index (κ2) is 5.15. The molecule has 0 atom stereocenters. The van der Waals surface area contributed by atoms with Gasteiger partial charge in [0, 0.05) is 13.3 Å². The van der Waals surface area contributed by atoms with Crippen LogP contribution in [0.1, 0.15) is 18.7 Å². The maximum absolute atomic E-state index is 11.9. The standard InChI is InChI=1S/C9H10F3N3O3/c1-6-13-4-8(15(17)18)14(6)5-7(16)2-3-9(10,11)12/h4H,2-3,5H2,1H3/i10-1. The van der Waals surface area contributed by atoms with Crippen molar-refractivity contribution in [1.29, 1.82) is 0 Å². The van der Waals surface area contributed by atoms with Crippen LogP contribution in [0.4, 0.5) is 19.0 Å². The first-order chi connectivity index (χ1) is 8.20. The number of imidazole rings is 1. The van der Waals surface area contributed by atoms with Crippen LogP contribution in [0.5, 0.6) is 0 Å². The van der Waals surface area contributed by atoms with Gasteiger partial charge in [-0.25, -0.2) is 9.55 Å². The van der Waals surface area contributed by atoms with Gasteiger partial charge in [-0.2, -0.15) is 13.2 Å². The van der Waals surface area contributed by atoms with Crippen LogP contribution in [0.15, 0.2) is 6.20 Å². The summed E-state index contributed by atoms with van der Waals surface area (Å²) in [5.74, 6) is -0.925. The third-order valence-electron chi connectivity index (χ3n) is 2.24. The summed E-state index contributed by atoms with van der Waals surface area (Å²) in [6.45, 7) is 0.961. The summed E-state index contributed by atoms with van der Waals surface area (Å²) in [5, 5.41) is 10.6. The number of rotatable bonds is 5. The highest BCUT2D eigenvalue weighted by atomic mass is 19.3. The van der Waals surface area contributed by atoms with Gasteiger partial charge in [0.1, 0.15) is 6.20 Å². The Bertz CT molecular complexity index is 467. The van der Waals surface area contributed by atoms with Crippen molar-refractivity contribution >= 4 is 11.6 Å². The summed E-state index contributed by atoms with van der Waals surface area (Å²) in [4.78, 5) is 24.8. The van der Waals surface area contributed by atoms with Crippen LogP contribution in [0, 0.1) is 17.0 Å². The Morgan fingerprint density at radius 3 is 2.67 bits per heavy atom. The smallest absolute Gasteiger partial charge is 0.358 e. The topological polar surface area (TPSA) is 78.0 Å². The van der Waals surface area contributed by atoms with Crippen molar-refractivity contribution in [2.75, 3.05) is 0 Å². The Balaban J connectivity index is 2.70. The van der Waals surface area contributed by atoms with Crippen molar-refractivity contribution < 1.29 is 22.9 Å². The van der Waals surface area contributed by atoms with Crippen LogP contribution in [-0.2, 0) is 11.3 Å². The van der Waals surface area contributed by atoms with Gasteiger partial charge >= 0.3 is 12.0 Å². The van der Waals surface area contributed by atoms with Crippen LogP contribution in [0.3, 0.4) is 0 Å². The Hall–Kier alpha value is -1.93. The fourth-order valence-electron chi connectivity index (χ4n) is 1.33. The van der Waals surface area contributed by atoms with Crippen molar-refractivity contribution in [3.8, 4) is 0 Å². The van der Waals surface area contributed by atoms with E-state index in [4.69, 9.17) is 0 Å². The predicted octanol–water partition coefficient (Wildman–Crippen LogP) is 2.01. The number of hydrogen-bond donors (Lipinski definition) is 0. The summed E-state index contributed by atoms with van der Waals surface area (Å²) < 4.78 is 36.7. The molecule has 0 spiro atoms. The second-order valence-electron chi connectivity index (χ2n) is 3.66. The molecule has 0 aliphatic rings. The Labute approximate surface area is 99.6 Å². The van der Waals surface area contributed by atoms with Crippen molar-refractivity contribution in [3.63, 3.8) is 0 Å². The molecule has 0 aromatic carbocycles. The summed E-state index contributed by atoms with van der Waals surface area (Å²) in [5.41, 5.74) is 0. The monoisotopic (exact) mass is 264 g/mol. The average Bonchev–Trinajstić information content (AvgIpc) is 2.57. The van der Waals surface area contributed by atoms with Gasteiger partial charge in [0.2, 0.25) is 0 Å². The first-order valence-corrected chi connectivity index (χ1v) is 4.95. The van der Waals surface area contributed by atoms with E-state index in [0.717, 1.165) is 10.8 Å². The number of nitro groups is 1. The van der Waals surface area contributed by atoms with Gasteiger partial charge in [0.25, 0.3) is 0 Å². The van der Waals surface area contributed by atoms with Gasteiger partial charge in [0.05, 0.1) is 6.42 Å².